The van der Waals surface area contributed by atoms with Gasteiger partial charge in [-0.2, -0.15) is 17.9 Å². The van der Waals surface area contributed by atoms with Gasteiger partial charge in [0.05, 0.1) is 11.0 Å². The number of alkyl halides is 3. The van der Waals surface area contributed by atoms with Crippen molar-refractivity contribution in [1.82, 2.24) is 19.6 Å². The van der Waals surface area contributed by atoms with Gasteiger partial charge in [-0.3, -0.25) is 9.69 Å². The van der Waals surface area contributed by atoms with E-state index in [2.05, 4.69) is 17.0 Å². The number of anilines is 1. The fourth-order valence-electron chi connectivity index (χ4n) is 5.60. The fraction of sp³-hybridized carbons (Fsp3) is 0.519. The highest BCUT2D eigenvalue weighted by Gasteiger charge is 2.44. The third-order valence-corrected chi connectivity index (χ3v) is 7.66. The maximum absolute atomic E-state index is 13.8. The third-order valence-electron chi connectivity index (χ3n) is 7.66. The lowest BCUT2D eigenvalue weighted by Crippen LogP contribution is -2.46. The van der Waals surface area contributed by atoms with Crippen molar-refractivity contribution >= 4 is 17.8 Å². The molecule has 4 rings (SSSR count). The van der Waals surface area contributed by atoms with Crippen molar-refractivity contribution in [2.24, 2.45) is 0 Å². The lowest BCUT2D eigenvalue weighted by atomic mass is 9.77. The van der Waals surface area contributed by atoms with Gasteiger partial charge in [0, 0.05) is 43.6 Å². The smallest absolute Gasteiger partial charge is 0.416 e. The number of aromatic nitrogens is 2. The van der Waals surface area contributed by atoms with Gasteiger partial charge in [0.2, 0.25) is 0 Å². The van der Waals surface area contributed by atoms with Crippen LogP contribution in [-0.2, 0) is 22.9 Å². The Morgan fingerprint density at radius 2 is 1.87 bits per heavy atom. The topological polar surface area (TPSA) is 90.7 Å². The van der Waals surface area contributed by atoms with Gasteiger partial charge in [-0.1, -0.05) is 25.5 Å². The molecule has 2 heterocycles. The molecule has 1 aromatic carbocycles. The van der Waals surface area contributed by atoms with Crippen molar-refractivity contribution in [3.05, 3.63) is 59.4 Å². The van der Waals surface area contributed by atoms with Crippen LogP contribution in [0.3, 0.4) is 0 Å². The van der Waals surface area contributed by atoms with Crippen molar-refractivity contribution in [3.8, 4) is 0 Å². The zero-order chi connectivity index (χ0) is 27.7. The summed E-state index contributed by atoms with van der Waals surface area (Å²) in [4.78, 5) is 28.7. The molecule has 2 N–H and O–H groups in total. The number of benzene rings is 1. The minimum Gasteiger partial charge on any atom is -0.481 e. The summed E-state index contributed by atoms with van der Waals surface area (Å²) in [5.41, 5.74) is -0.697. The first kappa shape index (κ1) is 27.7. The number of amides is 1. The van der Waals surface area contributed by atoms with Gasteiger partial charge >= 0.3 is 18.2 Å². The number of piperidine rings is 1. The number of nitrogens with zero attached hydrogens (tertiary/aromatic N) is 4. The van der Waals surface area contributed by atoms with Crippen LogP contribution in [0.5, 0.6) is 0 Å². The molecule has 0 atom stereocenters. The minimum atomic E-state index is -4.57. The number of aliphatic carboxylic acids is 1. The Labute approximate surface area is 220 Å². The van der Waals surface area contributed by atoms with Crippen molar-refractivity contribution in [1.29, 1.82) is 0 Å². The summed E-state index contributed by atoms with van der Waals surface area (Å²) >= 11 is 0. The van der Waals surface area contributed by atoms with Crippen LogP contribution in [0.1, 0.15) is 62.1 Å². The quantitative estimate of drug-likeness (QED) is 0.502. The molecule has 2 aliphatic rings. The number of rotatable bonds is 7. The van der Waals surface area contributed by atoms with Gasteiger partial charge < -0.3 is 15.3 Å². The van der Waals surface area contributed by atoms with E-state index in [4.69, 9.17) is 0 Å². The number of carbonyl (C=O) groups is 2. The normalized spacial score (nSPS) is 18.1. The molecule has 11 heteroatoms. The molecule has 1 aliphatic carbocycles. The maximum atomic E-state index is 13.8. The largest absolute Gasteiger partial charge is 0.481 e. The summed E-state index contributed by atoms with van der Waals surface area (Å²) in [6.45, 7) is 6.79. The van der Waals surface area contributed by atoms with E-state index in [0.717, 1.165) is 12.1 Å². The average Bonchev–Trinajstić information content (AvgIpc) is 3.53. The molecule has 1 saturated heterocycles. The molecule has 206 valence electrons. The van der Waals surface area contributed by atoms with Crippen LogP contribution < -0.4 is 5.32 Å². The van der Waals surface area contributed by atoms with E-state index in [-0.39, 0.29) is 24.2 Å². The summed E-state index contributed by atoms with van der Waals surface area (Å²) in [6.07, 6.45) is 0.374. The number of nitrogens with one attached hydrogen (secondary N) is 1. The van der Waals surface area contributed by atoms with Crippen LogP contribution in [0.15, 0.2) is 42.7 Å². The SMILES string of the molecule is C=C(C)Nc1ccn(C(=O)N2CCC(N(C)Cc3cc(C(F)(F)F)cc(C4(C(=O)O)CCCC4)c3)CC2)n1. The number of carboxylic acid groups (broad SMARTS) is 1. The second-order valence-corrected chi connectivity index (χ2v) is 10.5. The number of carboxylic acids is 1. The van der Waals surface area contributed by atoms with Crippen LogP contribution in [0.2, 0.25) is 0 Å². The van der Waals surface area contributed by atoms with Gasteiger partial charge in [-0.15, -0.1) is 5.10 Å². The van der Waals surface area contributed by atoms with Crippen molar-refractivity contribution in [2.75, 3.05) is 25.5 Å². The van der Waals surface area contributed by atoms with Gasteiger partial charge in [0.1, 0.15) is 0 Å². The van der Waals surface area contributed by atoms with E-state index in [0.29, 0.717) is 68.7 Å². The predicted molar refractivity (Wildman–Crippen MR) is 137 cm³/mol. The molecule has 8 nitrogen and oxygen atoms in total. The Morgan fingerprint density at radius 1 is 1.21 bits per heavy atom. The lowest BCUT2D eigenvalue weighted by molar-refractivity contribution is -0.144. The van der Waals surface area contributed by atoms with Crippen LogP contribution in [0, 0.1) is 0 Å². The van der Waals surface area contributed by atoms with Crippen molar-refractivity contribution < 1.29 is 27.9 Å². The summed E-state index contributed by atoms with van der Waals surface area (Å²) in [7, 11) is 1.85. The molecule has 1 aliphatic heterocycles. The highest BCUT2D eigenvalue weighted by atomic mass is 19.4. The first-order valence-electron chi connectivity index (χ1n) is 12.8. The summed E-state index contributed by atoms with van der Waals surface area (Å²) in [6, 6.07) is 5.29. The van der Waals surface area contributed by atoms with Gasteiger partial charge in [0.25, 0.3) is 0 Å². The molecule has 1 saturated carbocycles. The highest BCUT2D eigenvalue weighted by Crippen LogP contribution is 2.43. The number of allylic oxidation sites excluding steroid dienone is 1. The third kappa shape index (κ3) is 5.87. The molecular formula is C27H34F3N5O3. The first-order chi connectivity index (χ1) is 17.9. The summed E-state index contributed by atoms with van der Waals surface area (Å²) in [5, 5.41) is 17.1. The molecule has 1 amide bonds. The van der Waals surface area contributed by atoms with Crippen molar-refractivity contribution in [3.63, 3.8) is 0 Å². The van der Waals surface area contributed by atoms with Crippen LogP contribution in [0.4, 0.5) is 23.8 Å². The molecule has 0 spiro atoms. The predicted octanol–water partition coefficient (Wildman–Crippen LogP) is 5.31. The van der Waals surface area contributed by atoms with E-state index in [9.17, 15) is 27.9 Å². The minimum absolute atomic E-state index is 0.0650. The average molecular weight is 534 g/mol. The second-order valence-electron chi connectivity index (χ2n) is 10.5. The molecule has 38 heavy (non-hydrogen) atoms. The van der Waals surface area contributed by atoms with E-state index in [1.54, 1.807) is 30.2 Å². The van der Waals surface area contributed by atoms with Gasteiger partial charge in [-0.05, 0) is 62.9 Å². The molecular weight excluding hydrogens is 499 g/mol. The Morgan fingerprint density at radius 3 is 2.45 bits per heavy atom. The van der Waals surface area contributed by atoms with Crippen LogP contribution in [-0.4, -0.2) is 62.9 Å². The Bertz CT molecular complexity index is 1190. The number of hydrogen-bond acceptors (Lipinski definition) is 5. The van der Waals surface area contributed by atoms with E-state index in [1.807, 2.05) is 11.9 Å². The van der Waals surface area contributed by atoms with E-state index in [1.165, 1.54) is 4.68 Å². The Kier molecular flexibility index (Phi) is 7.87. The summed E-state index contributed by atoms with van der Waals surface area (Å²) in [5.74, 6) is -0.534. The van der Waals surface area contributed by atoms with Crippen molar-refractivity contribution in [2.45, 2.75) is 69.6 Å². The Balaban J connectivity index is 1.44. The lowest BCUT2D eigenvalue weighted by Gasteiger charge is -2.36. The van der Waals surface area contributed by atoms with Gasteiger partial charge in [-0.25, -0.2) is 4.79 Å². The molecule has 0 bridgehead atoms. The van der Waals surface area contributed by atoms with Crippen LogP contribution in [0.25, 0.3) is 0 Å². The van der Waals surface area contributed by atoms with Crippen LogP contribution >= 0.6 is 0 Å². The zero-order valence-corrected chi connectivity index (χ0v) is 21.7. The molecule has 1 aromatic heterocycles. The standard InChI is InChI=1S/C27H34F3N5O3/c1-18(2)31-23-8-13-35(32-23)25(38)34-11-6-22(7-12-34)33(3)17-19-14-20(16-21(15-19)27(28,29)30)26(24(36)37)9-4-5-10-26/h8,13-16,22H,1,4-7,9-12,17H2,2-3H3,(H,31,32)(H,36,37). The fourth-order valence-corrected chi connectivity index (χ4v) is 5.60. The molecule has 0 radical (unpaired) electrons. The molecule has 2 fully saturated rings. The molecule has 2 aromatic rings. The second kappa shape index (κ2) is 10.8. The van der Waals surface area contributed by atoms with E-state index < -0.39 is 23.1 Å². The Hall–Kier alpha value is -3.34. The van der Waals surface area contributed by atoms with Gasteiger partial charge in [0.15, 0.2) is 5.82 Å². The zero-order valence-electron chi connectivity index (χ0n) is 21.7. The number of likely N-dealkylation sites (tertiary alicyclic amines) is 1. The number of halogens is 3. The van der Waals surface area contributed by atoms with E-state index >= 15 is 0 Å². The highest BCUT2D eigenvalue weighted by molar-refractivity contribution is 5.82. The number of hydrogen-bond donors (Lipinski definition) is 2. The molecule has 0 unspecified atom stereocenters. The maximum Gasteiger partial charge on any atom is 0.416 e. The summed E-state index contributed by atoms with van der Waals surface area (Å²) < 4.78 is 42.6. The monoisotopic (exact) mass is 533 g/mol. The first-order valence-corrected chi connectivity index (χ1v) is 12.8. The number of carbonyl (C=O) groups excluding carboxylic acids is 1.